The molecular formula is C20H23NO3S2. The fraction of sp³-hybridized carbons (Fsp3) is 0.300. The van der Waals surface area contributed by atoms with Gasteiger partial charge in [-0.2, -0.15) is 4.31 Å². The van der Waals surface area contributed by atoms with Gasteiger partial charge in [-0.1, -0.05) is 12.1 Å². The molecule has 0 N–H and O–H groups in total. The number of sulfonamides is 1. The Bertz CT molecular complexity index is 959. The summed E-state index contributed by atoms with van der Waals surface area (Å²) in [6, 6.07) is 9.56. The fourth-order valence-electron chi connectivity index (χ4n) is 2.91. The van der Waals surface area contributed by atoms with E-state index in [4.69, 9.17) is 4.42 Å². The van der Waals surface area contributed by atoms with Crippen molar-refractivity contribution in [3.05, 3.63) is 75.4 Å². The number of thiophene rings is 1. The minimum Gasteiger partial charge on any atom is -0.472 e. The molecule has 0 unspecified atom stereocenters. The van der Waals surface area contributed by atoms with E-state index in [1.165, 1.54) is 4.88 Å². The monoisotopic (exact) mass is 389 g/mol. The third-order valence-corrected chi connectivity index (χ3v) is 7.46. The Morgan fingerprint density at radius 1 is 1.08 bits per heavy atom. The molecule has 138 valence electrons. The number of aryl methyl sites for hydroxylation is 3. The van der Waals surface area contributed by atoms with E-state index in [9.17, 15) is 8.42 Å². The number of nitrogens with zero attached hydrogens (tertiary/aromatic N) is 1. The topological polar surface area (TPSA) is 50.5 Å². The summed E-state index contributed by atoms with van der Waals surface area (Å²) in [7, 11) is -3.60. The predicted molar refractivity (Wildman–Crippen MR) is 105 cm³/mol. The minimum absolute atomic E-state index is 0.302. The summed E-state index contributed by atoms with van der Waals surface area (Å²) in [5.74, 6) is 0. The average molecular weight is 390 g/mol. The molecule has 0 bridgehead atoms. The van der Waals surface area contributed by atoms with Crippen molar-refractivity contribution in [2.75, 3.05) is 6.54 Å². The fourth-order valence-corrected chi connectivity index (χ4v) is 5.33. The van der Waals surface area contributed by atoms with E-state index in [-0.39, 0.29) is 0 Å². The van der Waals surface area contributed by atoms with Crippen LogP contribution in [0, 0.1) is 20.8 Å². The molecule has 0 spiro atoms. The first-order valence-corrected chi connectivity index (χ1v) is 10.8. The van der Waals surface area contributed by atoms with Gasteiger partial charge >= 0.3 is 0 Å². The Kier molecular flexibility index (Phi) is 5.65. The molecular weight excluding hydrogens is 366 g/mol. The van der Waals surface area contributed by atoms with Gasteiger partial charge in [-0.3, -0.25) is 0 Å². The van der Waals surface area contributed by atoms with Crippen LogP contribution in [0.2, 0.25) is 0 Å². The van der Waals surface area contributed by atoms with Crippen LogP contribution in [-0.2, 0) is 23.0 Å². The van der Waals surface area contributed by atoms with Gasteiger partial charge in [0.2, 0.25) is 10.0 Å². The second kappa shape index (κ2) is 7.78. The third-order valence-electron chi connectivity index (χ3n) is 4.54. The van der Waals surface area contributed by atoms with E-state index in [2.05, 4.69) is 0 Å². The molecule has 0 aliphatic heterocycles. The van der Waals surface area contributed by atoms with E-state index in [0.717, 1.165) is 22.3 Å². The van der Waals surface area contributed by atoms with Gasteiger partial charge in [0.05, 0.1) is 17.4 Å². The van der Waals surface area contributed by atoms with E-state index in [0.29, 0.717) is 24.4 Å². The Balaban J connectivity index is 1.94. The van der Waals surface area contributed by atoms with Gasteiger partial charge in [-0.05, 0) is 67.5 Å². The highest BCUT2D eigenvalue weighted by Crippen LogP contribution is 2.25. The highest BCUT2D eigenvalue weighted by atomic mass is 32.2. The lowest BCUT2D eigenvalue weighted by Crippen LogP contribution is -2.33. The maximum Gasteiger partial charge on any atom is 0.243 e. The lowest BCUT2D eigenvalue weighted by Gasteiger charge is -2.23. The van der Waals surface area contributed by atoms with Crippen LogP contribution in [0.1, 0.15) is 27.1 Å². The van der Waals surface area contributed by atoms with Gasteiger partial charge in [-0.15, -0.1) is 11.3 Å². The number of furan rings is 1. The van der Waals surface area contributed by atoms with Crippen LogP contribution in [-0.4, -0.2) is 19.3 Å². The van der Waals surface area contributed by atoms with Gasteiger partial charge < -0.3 is 4.42 Å². The summed E-state index contributed by atoms with van der Waals surface area (Å²) >= 11 is 1.65. The van der Waals surface area contributed by atoms with E-state index >= 15 is 0 Å². The lowest BCUT2D eigenvalue weighted by atomic mass is 10.1. The normalized spacial score (nSPS) is 12.0. The molecule has 6 heteroatoms. The van der Waals surface area contributed by atoms with Crippen LogP contribution in [0.25, 0.3) is 0 Å². The minimum atomic E-state index is -3.60. The van der Waals surface area contributed by atoms with Gasteiger partial charge in [0.1, 0.15) is 0 Å². The predicted octanol–water partition coefficient (Wildman–Crippen LogP) is 4.70. The van der Waals surface area contributed by atoms with Crippen molar-refractivity contribution in [3.8, 4) is 0 Å². The van der Waals surface area contributed by atoms with Crippen molar-refractivity contribution in [2.45, 2.75) is 38.6 Å². The molecule has 0 saturated carbocycles. The van der Waals surface area contributed by atoms with Crippen molar-refractivity contribution < 1.29 is 12.8 Å². The van der Waals surface area contributed by atoms with Gasteiger partial charge in [0.15, 0.2) is 0 Å². The number of hydrogen-bond donors (Lipinski definition) is 0. The Labute approximate surface area is 159 Å². The second-order valence-electron chi connectivity index (χ2n) is 6.50. The van der Waals surface area contributed by atoms with E-state index in [1.54, 1.807) is 40.3 Å². The number of hydrogen-bond acceptors (Lipinski definition) is 4. The SMILES string of the molecule is Cc1cc(C)c(S(=O)(=O)N(CCc2cccs2)Cc2ccoc2)cc1C. The van der Waals surface area contributed by atoms with Crippen LogP contribution in [0.3, 0.4) is 0 Å². The zero-order valence-electron chi connectivity index (χ0n) is 15.2. The molecule has 0 amide bonds. The molecule has 3 aromatic rings. The largest absolute Gasteiger partial charge is 0.472 e. The van der Waals surface area contributed by atoms with Crippen LogP contribution < -0.4 is 0 Å². The molecule has 0 atom stereocenters. The van der Waals surface area contributed by atoms with Gasteiger partial charge in [-0.25, -0.2) is 8.42 Å². The first-order valence-electron chi connectivity index (χ1n) is 8.49. The Hall–Kier alpha value is -1.89. The van der Waals surface area contributed by atoms with E-state index < -0.39 is 10.0 Å². The lowest BCUT2D eigenvalue weighted by molar-refractivity contribution is 0.408. The highest BCUT2D eigenvalue weighted by molar-refractivity contribution is 7.89. The van der Waals surface area contributed by atoms with Crippen molar-refractivity contribution >= 4 is 21.4 Å². The first kappa shape index (κ1) is 18.9. The summed E-state index contributed by atoms with van der Waals surface area (Å²) in [6.07, 6.45) is 3.86. The van der Waals surface area contributed by atoms with Gasteiger partial charge in [0, 0.05) is 23.5 Å². The third kappa shape index (κ3) is 4.09. The van der Waals surface area contributed by atoms with Crippen LogP contribution in [0.4, 0.5) is 0 Å². The molecule has 0 radical (unpaired) electrons. The van der Waals surface area contributed by atoms with Crippen LogP contribution in [0.15, 0.2) is 57.6 Å². The molecule has 26 heavy (non-hydrogen) atoms. The standard InChI is InChI=1S/C20H23NO3S2/c1-15-11-17(3)20(12-16(15)2)26(22,23)21(13-18-7-9-24-14-18)8-6-19-5-4-10-25-19/h4-5,7,9-12,14H,6,8,13H2,1-3H3. The van der Waals surface area contributed by atoms with Crippen molar-refractivity contribution in [1.82, 2.24) is 4.31 Å². The molecule has 2 aromatic heterocycles. The molecule has 2 heterocycles. The van der Waals surface area contributed by atoms with Crippen molar-refractivity contribution in [3.63, 3.8) is 0 Å². The molecule has 3 rings (SSSR count). The summed E-state index contributed by atoms with van der Waals surface area (Å²) in [5, 5.41) is 2.01. The highest BCUT2D eigenvalue weighted by Gasteiger charge is 2.27. The van der Waals surface area contributed by atoms with Crippen molar-refractivity contribution in [2.24, 2.45) is 0 Å². The smallest absolute Gasteiger partial charge is 0.243 e. The molecule has 0 saturated heterocycles. The molecule has 4 nitrogen and oxygen atoms in total. The van der Waals surface area contributed by atoms with Crippen LogP contribution >= 0.6 is 11.3 Å². The first-order chi connectivity index (χ1) is 12.4. The Morgan fingerprint density at radius 3 is 2.50 bits per heavy atom. The van der Waals surface area contributed by atoms with Crippen LogP contribution in [0.5, 0.6) is 0 Å². The Morgan fingerprint density at radius 2 is 1.85 bits per heavy atom. The molecule has 0 aliphatic carbocycles. The molecule has 0 fully saturated rings. The second-order valence-corrected chi connectivity index (χ2v) is 9.44. The summed E-state index contributed by atoms with van der Waals surface area (Å²) in [4.78, 5) is 1.56. The maximum absolute atomic E-state index is 13.4. The average Bonchev–Trinajstić information content (AvgIpc) is 3.28. The molecule has 0 aliphatic rings. The van der Waals surface area contributed by atoms with E-state index in [1.807, 2.05) is 44.4 Å². The molecule has 1 aromatic carbocycles. The number of rotatable bonds is 7. The van der Waals surface area contributed by atoms with Gasteiger partial charge in [0.25, 0.3) is 0 Å². The summed E-state index contributed by atoms with van der Waals surface area (Å²) in [6.45, 7) is 6.53. The number of benzene rings is 1. The van der Waals surface area contributed by atoms with Crippen molar-refractivity contribution in [1.29, 1.82) is 0 Å². The zero-order chi connectivity index (χ0) is 18.7. The summed E-state index contributed by atoms with van der Waals surface area (Å²) in [5.41, 5.74) is 3.71. The zero-order valence-corrected chi connectivity index (χ0v) is 16.9. The maximum atomic E-state index is 13.4. The summed E-state index contributed by atoms with van der Waals surface area (Å²) < 4.78 is 33.5. The quantitative estimate of drug-likeness (QED) is 0.588.